The highest BCUT2D eigenvalue weighted by atomic mass is 16.4. The van der Waals surface area contributed by atoms with Crippen LogP contribution in [0.2, 0.25) is 0 Å². The molecular formula is C22H23N3O3. The second-order valence-corrected chi connectivity index (χ2v) is 7.49. The lowest BCUT2D eigenvalue weighted by Crippen LogP contribution is -2.56. The average Bonchev–Trinajstić information content (AvgIpc) is 2.71. The van der Waals surface area contributed by atoms with Crippen molar-refractivity contribution in [3.63, 3.8) is 0 Å². The second-order valence-electron chi connectivity index (χ2n) is 7.49. The van der Waals surface area contributed by atoms with Crippen molar-refractivity contribution in [3.8, 4) is 0 Å². The maximum Gasteiger partial charge on any atom is 0.312 e. The van der Waals surface area contributed by atoms with E-state index in [-0.39, 0.29) is 6.54 Å². The Balaban J connectivity index is 1.65. The summed E-state index contributed by atoms with van der Waals surface area (Å²) in [4.78, 5) is 14.1. The minimum absolute atomic E-state index is 0.209. The molecule has 0 aliphatic carbocycles. The summed E-state index contributed by atoms with van der Waals surface area (Å²) in [6.07, 6.45) is -0.373. The van der Waals surface area contributed by atoms with E-state index >= 15 is 0 Å². The van der Waals surface area contributed by atoms with Crippen molar-refractivity contribution >= 4 is 22.6 Å². The zero-order valence-corrected chi connectivity index (χ0v) is 15.7. The molecule has 1 aromatic heterocycles. The monoisotopic (exact) mass is 377 g/mol. The number of piperidine rings is 1. The molecule has 1 saturated heterocycles. The van der Waals surface area contributed by atoms with Gasteiger partial charge in [-0.2, -0.15) is 5.10 Å². The lowest BCUT2D eigenvalue weighted by Gasteiger charge is -2.43. The fourth-order valence-electron chi connectivity index (χ4n) is 4.12. The van der Waals surface area contributed by atoms with Gasteiger partial charge in [0.05, 0.1) is 11.8 Å². The van der Waals surface area contributed by atoms with Crippen molar-refractivity contribution in [1.29, 1.82) is 0 Å². The van der Waals surface area contributed by atoms with Crippen LogP contribution in [0, 0.1) is 12.3 Å². The molecule has 1 aliphatic rings. The van der Waals surface area contributed by atoms with Crippen LogP contribution in [0.15, 0.2) is 54.6 Å². The number of benzene rings is 2. The van der Waals surface area contributed by atoms with Gasteiger partial charge in [0.1, 0.15) is 5.41 Å². The van der Waals surface area contributed by atoms with Gasteiger partial charge in [0.15, 0.2) is 5.82 Å². The molecule has 6 nitrogen and oxygen atoms in total. The number of hydrogen-bond acceptors (Lipinski definition) is 5. The number of hydrogen-bond donors (Lipinski definition) is 2. The van der Waals surface area contributed by atoms with E-state index in [1.807, 2.05) is 66.4 Å². The summed E-state index contributed by atoms with van der Waals surface area (Å²) in [5, 5.41) is 31.5. The Bertz CT molecular complexity index is 1010. The Hall–Kier alpha value is -2.99. The molecule has 0 spiro atoms. The number of β-amino-alcohol motifs (C(OH)–C–C–N with tert-alkyl or cyclic N) is 1. The molecule has 2 atom stereocenters. The number of aliphatic carboxylic acids is 1. The van der Waals surface area contributed by atoms with Gasteiger partial charge >= 0.3 is 5.97 Å². The molecule has 0 amide bonds. The Labute approximate surface area is 163 Å². The maximum atomic E-state index is 12.2. The first-order valence-electron chi connectivity index (χ1n) is 9.43. The Kier molecular flexibility index (Phi) is 4.73. The van der Waals surface area contributed by atoms with Crippen molar-refractivity contribution < 1.29 is 15.0 Å². The van der Waals surface area contributed by atoms with Crippen molar-refractivity contribution in [2.24, 2.45) is 5.41 Å². The smallest absolute Gasteiger partial charge is 0.312 e. The second kappa shape index (κ2) is 7.20. The number of carboxylic acids is 1. The van der Waals surface area contributed by atoms with Crippen LogP contribution in [0.5, 0.6) is 0 Å². The minimum atomic E-state index is -1.20. The van der Waals surface area contributed by atoms with Gasteiger partial charge in [0.2, 0.25) is 0 Å². The van der Waals surface area contributed by atoms with E-state index < -0.39 is 17.5 Å². The summed E-state index contributed by atoms with van der Waals surface area (Å²) < 4.78 is 0. The Morgan fingerprint density at radius 3 is 2.46 bits per heavy atom. The summed E-state index contributed by atoms with van der Waals surface area (Å²) in [7, 11) is 0. The van der Waals surface area contributed by atoms with Gasteiger partial charge in [0, 0.05) is 23.9 Å². The molecule has 1 aliphatic heterocycles. The average molecular weight is 377 g/mol. The molecule has 6 heteroatoms. The van der Waals surface area contributed by atoms with Crippen LogP contribution >= 0.6 is 0 Å². The van der Waals surface area contributed by atoms with Gasteiger partial charge in [-0.25, -0.2) is 0 Å². The number of aliphatic hydroxyl groups is 1. The minimum Gasteiger partial charge on any atom is -0.481 e. The van der Waals surface area contributed by atoms with Gasteiger partial charge in [0.25, 0.3) is 0 Å². The van der Waals surface area contributed by atoms with Crippen LogP contribution in [0.1, 0.15) is 17.7 Å². The Morgan fingerprint density at radius 1 is 1.11 bits per heavy atom. The highest BCUT2D eigenvalue weighted by Crippen LogP contribution is 2.38. The number of aliphatic hydroxyl groups excluding tert-OH is 1. The third kappa shape index (κ3) is 3.10. The largest absolute Gasteiger partial charge is 0.481 e. The van der Waals surface area contributed by atoms with Crippen molar-refractivity contribution in [3.05, 3.63) is 65.9 Å². The molecule has 1 fully saturated rings. The number of aryl methyl sites for hydroxylation is 1. The van der Waals surface area contributed by atoms with Crippen LogP contribution in [0.25, 0.3) is 10.8 Å². The van der Waals surface area contributed by atoms with E-state index in [1.165, 1.54) is 0 Å². The van der Waals surface area contributed by atoms with Gasteiger partial charge < -0.3 is 15.1 Å². The van der Waals surface area contributed by atoms with Gasteiger partial charge in [-0.15, -0.1) is 5.10 Å². The zero-order valence-electron chi connectivity index (χ0n) is 15.7. The van der Waals surface area contributed by atoms with Crippen molar-refractivity contribution in [1.82, 2.24) is 10.2 Å². The number of aromatic nitrogens is 2. The summed E-state index contributed by atoms with van der Waals surface area (Å²) in [6, 6.07) is 17.4. The summed E-state index contributed by atoms with van der Waals surface area (Å²) in [5.74, 6) is -0.262. The molecule has 28 heavy (non-hydrogen) atoms. The quantitative estimate of drug-likeness (QED) is 0.727. The lowest BCUT2D eigenvalue weighted by molar-refractivity contribution is -0.158. The fraction of sp³-hybridized carbons (Fsp3) is 0.318. The van der Waals surface area contributed by atoms with Gasteiger partial charge in [-0.1, -0.05) is 54.6 Å². The molecule has 4 rings (SSSR count). The third-order valence-corrected chi connectivity index (χ3v) is 5.80. The molecule has 2 aromatic carbocycles. The molecule has 0 radical (unpaired) electrons. The number of anilines is 1. The van der Waals surface area contributed by atoms with E-state index in [2.05, 4.69) is 10.2 Å². The maximum absolute atomic E-state index is 12.2. The van der Waals surface area contributed by atoms with Crippen LogP contribution in [0.3, 0.4) is 0 Å². The van der Waals surface area contributed by atoms with Gasteiger partial charge in [-0.3, -0.25) is 4.79 Å². The SMILES string of the molecule is Cc1nnc(N2CC[C@](Cc3ccccc3)(C(=O)O)[C@H](O)C2)c2ccccc12. The highest BCUT2D eigenvalue weighted by Gasteiger charge is 2.49. The van der Waals surface area contributed by atoms with E-state index in [4.69, 9.17) is 0 Å². The van der Waals surface area contributed by atoms with E-state index in [0.29, 0.717) is 25.2 Å². The first-order chi connectivity index (χ1) is 13.5. The zero-order chi connectivity index (χ0) is 19.7. The van der Waals surface area contributed by atoms with Crippen LogP contribution in [-0.2, 0) is 11.2 Å². The first kappa shape index (κ1) is 18.4. The topological polar surface area (TPSA) is 86.6 Å². The molecule has 2 N–H and O–H groups in total. The molecule has 3 aromatic rings. The van der Waals surface area contributed by atoms with Crippen LogP contribution < -0.4 is 4.90 Å². The predicted octanol–water partition coefficient (Wildman–Crippen LogP) is 2.82. The molecule has 0 saturated carbocycles. The van der Waals surface area contributed by atoms with Crippen LogP contribution in [-0.4, -0.2) is 45.6 Å². The standard InChI is InChI=1S/C22H23N3O3/c1-15-17-9-5-6-10-18(17)20(24-23-15)25-12-11-22(21(27)28,19(26)14-25)13-16-7-3-2-4-8-16/h2-10,19,26H,11-14H2,1H3,(H,27,28)/t19-,22-/m1/s1. The predicted molar refractivity (Wildman–Crippen MR) is 107 cm³/mol. The molecule has 0 bridgehead atoms. The van der Waals surface area contributed by atoms with Crippen LogP contribution in [0.4, 0.5) is 5.82 Å². The van der Waals surface area contributed by atoms with E-state index in [1.54, 1.807) is 0 Å². The van der Waals surface area contributed by atoms with E-state index in [9.17, 15) is 15.0 Å². The first-order valence-corrected chi connectivity index (χ1v) is 9.43. The van der Waals surface area contributed by atoms with Crippen molar-refractivity contribution in [2.45, 2.75) is 25.9 Å². The summed E-state index contributed by atoms with van der Waals surface area (Å²) in [5.41, 5.74) is 0.560. The highest BCUT2D eigenvalue weighted by molar-refractivity contribution is 5.93. The van der Waals surface area contributed by atoms with E-state index in [0.717, 1.165) is 22.0 Å². The summed E-state index contributed by atoms with van der Waals surface area (Å²) in [6.45, 7) is 2.62. The third-order valence-electron chi connectivity index (χ3n) is 5.80. The molecule has 144 valence electrons. The Morgan fingerprint density at radius 2 is 1.79 bits per heavy atom. The van der Waals surface area contributed by atoms with Gasteiger partial charge in [-0.05, 0) is 25.3 Å². The number of nitrogens with zero attached hydrogens (tertiary/aromatic N) is 3. The molecular weight excluding hydrogens is 354 g/mol. The summed E-state index contributed by atoms with van der Waals surface area (Å²) >= 11 is 0. The lowest BCUT2D eigenvalue weighted by atomic mass is 9.71. The fourth-order valence-corrected chi connectivity index (χ4v) is 4.12. The number of rotatable bonds is 4. The number of fused-ring (bicyclic) bond motifs is 1. The molecule has 2 heterocycles. The number of carboxylic acid groups (broad SMARTS) is 1. The molecule has 0 unspecified atom stereocenters. The number of carbonyl (C=O) groups is 1. The normalized spacial score (nSPS) is 22.4. The van der Waals surface area contributed by atoms with Crippen molar-refractivity contribution in [2.75, 3.05) is 18.0 Å².